The maximum absolute atomic E-state index is 11.8. The SMILES string of the molecule is Cn1cc(CNC(=O)c2cccc(N)c2O)cn1. The minimum absolute atomic E-state index is 0.166. The van der Waals surface area contributed by atoms with Gasteiger partial charge in [-0.05, 0) is 12.1 Å². The molecule has 6 nitrogen and oxygen atoms in total. The molecule has 2 aromatic rings. The molecule has 0 saturated heterocycles. The van der Waals surface area contributed by atoms with Crippen molar-refractivity contribution in [2.45, 2.75) is 6.54 Å². The van der Waals surface area contributed by atoms with Gasteiger partial charge in [-0.15, -0.1) is 0 Å². The van der Waals surface area contributed by atoms with Crippen LogP contribution in [0.2, 0.25) is 0 Å². The molecule has 1 aromatic heterocycles. The Labute approximate surface area is 104 Å². The van der Waals surface area contributed by atoms with Crippen LogP contribution >= 0.6 is 0 Å². The first-order valence-corrected chi connectivity index (χ1v) is 5.41. The normalized spacial score (nSPS) is 10.3. The highest BCUT2D eigenvalue weighted by atomic mass is 16.3. The lowest BCUT2D eigenvalue weighted by molar-refractivity contribution is 0.0948. The highest BCUT2D eigenvalue weighted by molar-refractivity contribution is 5.98. The molecule has 18 heavy (non-hydrogen) atoms. The van der Waals surface area contributed by atoms with E-state index in [-0.39, 0.29) is 22.9 Å². The first kappa shape index (κ1) is 12.0. The van der Waals surface area contributed by atoms with Gasteiger partial charge in [0.1, 0.15) is 0 Å². The summed E-state index contributed by atoms with van der Waals surface area (Å²) in [6, 6.07) is 4.67. The lowest BCUT2D eigenvalue weighted by Gasteiger charge is -2.07. The average molecular weight is 246 g/mol. The number of nitrogens with one attached hydrogen (secondary N) is 1. The number of nitrogens with zero attached hydrogens (tertiary/aromatic N) is 2. The zero-order valence-electron chi connectivity index (χ0n) is 9.92. The Kier molecular flexibility index (Phi) is 3.18. The van der Waals surface area contributed by atoms with Crippen molar-refractivity contribution in [3.05, 3.63) is 41.7 Å². The van der Waals surface area contributed by atoms with Crippen molar-refractivity contribution in [3.8, 4) is 5.75 Å². The van der Waals surface area contributed by atoms with Crippen molar-refractivity contribution in [3.63, 3.8) is 0 Å². The number of hydrogen-bond donors (Lipinski definition) is 3. The average Bonchev–Trinajstić information content (AvgIpc) is 2.76. The number of aryl methyl sites for hydroxylation is 1. The minimum Gasteiger partial charge on any atom is -0.505 e. The smallest absolute Gasteiger partial charge is 0.255 e. The van der Waals surface area contributed by atoms with E-state index >= 15 is 0 Å². The monoisotopic (exact) mass is 246 g/mol. The Hall–Kier alpha value is -2.50. The lowest BCUT2D eigenvalue weighted by atomic mass is 10.1. The van der Waals surface area contributed by atoms with Gasteiger partial charge in [0.05, 0.1) is 17.4 Å². The number of rotatable bonds is 3. The molecule has 1 heterocycles. The standard InChI is InChI=1S/C12H14N4O2/c1-16-7-8(6-15-16)5-14-12(18)9-3-2-4-10(13)11(9)17/h2-4,6-7,17H,5,13H2,1H3,(H,14,18). The quantitative estimate of drug-likeness (QED) is 0.547. The van der Waals surface area contributed by atoms with Crippen LogP contribution in [0.15, 0.2) is 30.6 Å². The van der Waals surface area contributed by atoms with E-state index in [1.54, 1.807) is 30.2 Å². The van der Waals surface area contributed by atoms with Crippen LogP contribution in [0.1, 0.15) is 15.9 Å². The summed E-state index contributed by atoms with van der Waals surface area (Å²) in [7, 11) is 1.80. The number of phenolic OH excluding ortho intramolecular Hbond substituents is 1. The van der Waals surface area contributed by atoms with Gasteiger partial charge in [0, 0.05) is 25.4 Å². The second kappa shape index (κ2) is 4.79. The molecule has 0 fully saturated rings. The van der Waals surface area contributed by atoms with Crippen molar-refractivity contribution in [1.29, 1.82) is 0 Å². The van der Waals surface area contributed by atoms with Gasteiger partial charge >= 0.3 is 0 Å². The topological polar surface area (TPSA) is 93.2 Å². The number of amides is 1. The Bertz CT molecular complexity index is 577. The highest BCUT2D eigenvalue weighted by Gasteiger charge is 2.12. The fraction of sp³-hybridized carbons (Fsp3) is 0.167. The number of aromatic hydroxyl groups is 1. The summed E-state index contributed by atoms with van der Waals surface area (Å²) in [6.07, 6.45) is 3.47. The number of aromatic nitrogens is 2. The molecule has 6 heteroatoms. The molecule has 1 aromatic carbocycles. The van der Waals surface area contributed by atoms with E-state index in [2.05, 4.69) is 10.4 Å². The molecule has 0 bridgehead atoms. The fourth-order valence-electron chi connectivity index (χ4n) is 1.59. The van der Waals surface area contributed by atoms with Crippen LogP contribution in [-0.2, 0) is 13.6 Å². The summed E-state index contributed by atoms with van der Waals surface area (Å²) in [5.41, 5.74) is 6.76. The number of carbonyl (C=O) groups excluding carboxylic acids is 1. The molecule has 94 valence electrons. The number of nitrogen functional groups attached to an aromatic ring is 1. The fourth-order valence-corrected chi connectivity index (χ4v) is 1.59. The molecule has 0 aliphatic carbocycles. The van der Waals surface area contributed by atoms with Crippen LogP contribution < -0.4 is 11.1 Å². The van der Waals surface area contributed by atoms with Crippen LogP contribution in [0.4, 0.5) is 5.69 Å². The van der Waals surface area contributed by atoms with Gasteiger partial charge < -0.3 is 16.2 Å². The molecular weight excluding hydrogens is 232 g/mol. The molecule has 0 unspecified atom stereocenters. The van der Waals surface area contributed by atoms with Crippen LogP contribution in [0.25, 0.3) is 0 Å². The molecule has 0 radical (unpaired) electrons. The predicted molar refractivity (Wildman–Crippen MR) is 66.9 cm³/mol. The van der Waals surface area contributed by atoms with Gasteiger partial charge in [-0.2, -0.15) is 5.10 Å². The van der Waals surface area contributed by atoms with Crippen molar-refractivity contribution in [1.82, 2.24) is 15.1 Å². The second-order valence-corrected chi connectivity index (χ2v) is 3.95. The summed E-state index contributed by atoms with van der Waals surface area (Å²) in [5, 5.41) is 16.4. The summed E-state index contributed by atoms with van der Waals surface area (Å²) >= 11 is 0. The molecule has 0 aliphatic heterocycles. The summed E-state index contributed by atoms with van der Waals surface area (Å²) in [4.78, 5) is 11.8. The molecule has 0 spiro atoms. The number of para-hydroxylation sites is 1. The zero-order chi connectivity index (χ0) is 13.1. The Balaban J connectivity index is 2.06. The molecule has 0 aliphatic rings. The van der Waals surface area contributed by atoms with Gasteiger partial charge in [0.25, 0.3) is 5.91 Å². The van der Waals surface area contributed by atoms with E-state index in [0.717, 1.165) is 5.56 Å². The van der Waals surface area contributed by atoms with Gasteiger partial charge in [-0.3, -0.25) is 9.48 Å². The third kappa shape index (κ3) is 2.42. The molecule has 1 amide bonds. The Morgan fingerprint density at radius 1 is 1.56 bits per heavy atom. The number of phenols is 1. The second-order valence-electron chi connectivity index (χ2n) is 3.95. The number of benzene rings is 1. The molecule has 4 N–H and O–H groups in total. The number of nitrogens with two attached hydrogens (primary N) is 1. The van der Waals surface area contributed by atoms with Crippen molar-refractivity contribution in [2.24, 2.45) is 7.05 Å². The first-order chi connectivity index (χ1) is 8.58. The third-order valence-electron chi connectivity index (χ3n) is 2.52. The Morgan fingerprint density at radius 2 is 2.33 bits per heavy atom. The van der Waals surface area contributed by atoms with Crippen LogP contribution in [0.3, 0.4) is 0 Å². The lowest BCUT2D eigenvalue weighted by Crippen LogP contribution is -2.22. The van der Waals surface area contributed by atoms with Gasteiger partial charge in [-0.25, -0.2) is 0 Å². The summed E-state index contributed by atoms with van der Waals surface area (Å²) in [5.74, 6) is -0.565. The maximum Gasteiger partial charge on any atom is 0.255 e. The van der Waals surface area contributed by atoms with E-state index in [1.165, 1.54) is 12.1 Å². The van der Waals surface area contributed by atoms with E-state index < -0.39 is 0 Å². The maximum atomic E-state index is 11.8. The van der Waals surface area contributed by atoms with E-state index in [9.17, 15) is 9.90 Å². The van der Waals surface area contributed by atoms with Gasteiger partial charge in [0.2, 0.25) is 0 Å². The van der Waals surface area contributed by atoms with Crippen molar-refractivity contribution < 1.29 is 9.90 Å². The van der Waals surface area contributed by atoms with Crippen LogP contribution in [-0.4, -0.2) is 20.8 Å². The van der Waals surface area contributed by atoms with Crippen LogP contribution in [0.5, 0.6) is 5.75 Å². The summed E-state index contributed by atoms with van der Waals surface area (Å²) in [6.45, 7) is 0.348. The largest absolute Gasteiger partial charge is 0.505 e. The van der Waals surface area contributed by atoms with Gasteiger partial charge in [0.15, 0.2) is 5.75 Å². The first-order valence-electron chi connectivity index (χ1n) is 5.41. The highest BCUT2D eigenvalue weighted by Crippen LogP contribution is 2.24. The number of carbonyl (C=O) groups is 1. The van der Waals surface area contributed by atoms with Crippen molar-refractivity contribution in [2.75, 3.05) is 5.73 Å². The minimum atomic E-state index is -0.372. The third-order valence-corrected chi connectivity index (χ3v) is 2.52. The van der Waals surface area contributed by atoms with Gasteiger partial charge in [-0.1, -0.05) is 6.07 Å². The van der Waals surface area contributed by atoms with E-state index in [4.69, 9.17) is 5.73 Å². The molecule has 2 rings (SSSR count). The predicted octanol–water partition coefficient (Wildman–Crippen LogP) is 0.638. The van der Waals surface area contributed by atoms with E-state index in [1.807, 2.05) is 0 Å². The Morgan fingerprint density at radius 3 is 3.00 bits per heavy atom. The number of hydrogen-bond acceptors (Lipinski definition) is 4. The summed E-state index contributed by atoms with van der Waals surface area (Å²) < 4.78 is 1.65. The number of anilines is 1. The molecule has 0 saturated carbocycles. The van der Waals surface area contributed by atoms with Crippen LogP contribution in [0, 0.1) is 0 Å². The molecule has 0 atom stereocenters. The zero-order valence-corrected chi connectivity index (χ0v) is 9.92. The van der Waals surface area contributed by atoms with Crippen molar-refractivity contribution >= 4 is 11.6 Å². The molecular formula is C12H14N4O2. The van der Waals surface area contributed by atoms with E-state index in [0.29, 0.717) is 6.54 Å².